The predicted molar refractivity (Wildman–Crippen MR) is 77.4 cm³/mol. The zero-order chi connectivity index (χ0) is 14.2. The quantitative estimate of drug-likeness (QED) is 0.865. The molecule has 1 aromatic rings. The van der Waals surface area contributed by atoms with E-state index in [0.29, 0.717) is 29.5 Å². The van der Waals surface area contributed by atoms with Crippen LogP contribution in [0.25, 0.3) is 0 Å². The van der Waals surface area contributed by atoms with Crippen LogP contribution in [0.2, 0.25) is 0 Å². The van der Waals surface area contributed by atoms with Gasteiger partial charge in [-0.25, -0.2) is 8.42 Å². The molecule has 106 valence electrons. The fraction of sp³-hybridized carbons (Fsp3) is 0.571. The number of benzene rings is 1. The first-order chi connectivity index (χ1) is 8.86. The van der Waals surface area contributed by atoms with Gasteiger partial charge in [0.25, 0.3) is 0 Å². The van der Waals surface area contributed by atoms with Gasteiger partial charge in [0.15, 0.2) is 0 Å². The molecular weight excluding hydrogens is 260 g/mol. The third-order valence-electron chi connectivity index (χ3n) is 3.79. The minimum absolute atomic E-state index is 0.0612. The number of nitrogen functional groups attached to an aromatic ring is 1. The summed E-state index contributed by atoms with van der Waals surface area (Å²) >= 11 is 0. The Balaban J connectivity index is 2.48. The van der Waals surface area contributed by atoms with Crippen molar-refractivity contribution < 1.29 is 8.42 Å². The second-order valence-corrected chi connectivity index (χ2v) is 7.34. The highest BCUT2D eigenvalue weighted by Gasteiger charge is 2.36. The van der Waals surface area contributed by atoms with Gasteiger partial charge in [0.05, 0.1) is 4.90 Å². The van der Waals surface area contributed by atoms with Crippen molar-refractivity contribution in [3.05, 3.63) is 23.8 Å². The molecule has 1 aliphatic heterocycles. The Bertz CT molecular complexity index is 569. The minimum Gasteiger partial charge on any atom is -0.399 e. The van der Waals surface area contributed by atoms with Crippen LogP contribution in [0.4, 0.5) is 5.69 Å². The molecule has 4 nitrogen and oxygen atoms in total. The zero-order valence-corrected chi connectivity index (χ0v) is 12.6. The second kappa shape index (κ2) is 5.13. The molecule has 1 aliphatic rings. The van der Waals surface area contributed by atoms with Crippen molar-refractivity contribution in [1.82, 2.24) is 4.31 Å². The van der Waals surface area contributed by atoms with E-state index in [1.165, 1.54) is 0 Å². The molecule has 1 fully saturated rings. The van der Waals surface area contributed by atoms with Crippen LogP contribution in [0.5, 0.6) is 0 Å². The van der Waals surface area contributed by atoms with Crippen LogP contribution < -0.4 is 5.73 Å². The average molecular weight is 282 g/mol. The van der Waals surface area contributed by atoms with Crippen molar-refractivity contribution in [2.45, 2.75) is 44.6 Å². The van der Waals surface area contributed by atoms with Crippen LogP contribution in [0.3, 0.4) is 0 Å². The maximum absolute atomic E-state index is 12.8. The van der Waals surface area contributed by atoms with Crippen LogP contribution >= 0.6 is 0 Å². The largest absolute Gasteiger partial charge is 0.399 e. The Morgan fingerprint density at radius 1 is 1.37 bits per heavy atom. The van der Waals surface area contributed by atoms with E-state index in [1.54, 1.807) is 16.4 Å². The van der Waals surface area contributed by atoms with Gasteiger partial charge in [0.2, 0.25) is 10.0 Å². The van der Waals surface area contributed by atoms with E-state index in [-0.39, 0.29) is 6.04 Å². The van der Waals surface area contributed by atoms with E-state index in [0.717, 1.165) is 12.0 Å². The molecule has 0 saturated carbocycles. The molecule has 5 heteroatoms. The van der Waals surface area contributed by atoms with Gasteiger partial charge in [-0.3, -0.25) is 0 Å². The number of rotatable bonds is 3. The summed E-state index contributed by atoms with van der Waals surface area (Å²) in [5.74, 6) is 0.413. The van der Waals surface area contributed by atoms with Crippen molar-refractivity contribution >= 4 is 15.7 Å². The second-order valence-electron chi connectivity index (χ2n) is 5.49. The molecule has 2 N–H and O–H groups in total. The van der Waals surface area contributed by atoms with Crippen LogP contribution in [0, 0.1) is 5.92 Å². The van der Waals surface area contributed by atoms with Crippen LogP contribution in [-0.4, -0.2) is 25.3 Å². The van der Waals surface area contributed by atoms with E-state index in [9.17, 15) is 8.42 Å². The molecule has 0 radical (unpaired) electrons. The highest BCUT2D eigenvalue weighted by atomic mass is 32.2. The lowest BCUT2D eigenvalue weighted by Crippen LogP contribution is -2.34. The topological polar surface area (TPSA) is 63.4 Å². The molecule has 0 aliphatic carbocycles. The number of nitrogens with two attached hydrogens (primary N) is 1. The summed E-state index contributed by atoms with van der Waals surface area (Å²) in [6.07, 6.45) is 1.61. The van der Waals surface area contributed by atoms with Gasteiger partial charge in [0.1, 0.15) is 0 Å². The van der Waals surface area contributed by atoms with Crippen molar-refractivity contribution in [2.24, 2.45) is 5.92 Å². The Kier molecular flexibility index (Phi) is 3.87. The first kappa shape index (κ1) is 14.3. The smallest absolute Gasteiger partial charge is 0.243 e. The molecule has 1 aromatic carbocycles. The van der Waals surface area contributed by atoms with Gasteiger partial charge in [-0.15, -0.1) is 0 Å². The summed E-state index contributed by atoms with van der Waals surface area (Å²) in [6.45, 7) is 6.62. The van der Waals surface area contributed by atoms with E-state index in [2.05, 4.69) is 6.92 Å². The third kappa shape index (κ3) is 2.62. The SMILES string of the molecule is CCc1ccc(N)cc1S(=O)(=O)N1CC(C)CC1C. The van der Waals surface area contributed by atoms with E-state index >= 15 is 0 Å². The highest BCUT2D eigenvalue weighted by molar-refractivity contribution is 7.89. The van der Waals surface area contributed by atoms with Crippen molar-refractivity contribution in [2.75, 3.05) is 12.3 Å². The normalized spacial score (nSPS) is 24.8. The number of hydrogen-bond donors (Lipinski definition) is 1. The van der Waals surface area contributed by atoms with E-state index in [4.69, 9.17) is 5.73 Å². The lowest BCUT2D eigenvalue weighted by Gasteiger charge is -2.22. The van der Waals surface area contributed by atoms with Gasteiger partial charge < -0.3 is 5.73 Å². The fourth-order valence-corrected chi connectivity index (χ4v) is 4.92. The van der Waals surface area contributed by atoms with E-state index in [1.807, 2.05) is 19.9 Å². The summed E-state index contributed by atoms with van der Waals surface area (Å²) in [5.41, 5.74) is 7.09. The number of hydrogen-bond acceptors (Lipinski definition) is 3. The van der Waals surface area contributed by atoms with Crippen molar-refractivity contribution in [3.63, 3.8) is 0 Å². The van der Waals surface area contributed by atoms with Crippen molar-refractivity contribution in [3.8, 4) is 0 Å². The maximum Gasteiger partial charge on any atom is 0.243 e. The molecule has 19 heavy (non-hydrogen) atoms. The summed E-state index contributed by atoms with van der Waals surface area (Å²) < 4.78 is 27.2. The number of nitrogens with zero attached hydrogens (tertiary/aromatic N) is 1. The average Bonchev–Trinajstić information content (AvgIpc) is 2.69. The predicted octanol–water partition coefficient (Wildman–Crippen LogP) is 2.25. The van der Waals surface area contributed by atoms with Gasteiger partial charge in [-0.1, -0.05) is 19.9 Å². The summed E-state index contributed by atoms with van der Waals surface area (Å²) in [5, 5.41) is 0. The van der Waals surface area contributed by atoms with Gasteiger partial charge in [0, 0.05) is 18.3 Å². The Labute approximate surface area is 115 Å². The molecule has 2 atom stereocenters. The van der Waals surface area contributed by atoms with Gasteiger partial charge in [-0.2, -0.15) is 4.31 Å². The molecule has 1 saturated heterocycles. The van der Waals surface area contributed by atoms with Crippen LogP contribution in [0.1, 0.15) is 32.8 Å². The highest BCUT2D eigenvalue weighted by Crippen LogP contribution is 2.31. The molecule has 0 bridgehead atoms. The van der Waals surface area contributed by atoms with E-state index < -0.39 is 10.0 Å². The van der Waals surface area contributed by atoms with Crippen molar-refractivity contribution in [1.29, 1.82) is 0 Å². The lowest BCUT2D eigenvalue weighted by molar-refractivity contribution is 0.405. The molecule has 0 aromatic heterocycles. The van der Waals surface area contributed by atoms with Gasteiger partial charge in [-0.05, 0) is 43.4 Å². The number of sulfonamides is 1. The Morgan fingerprint density at radius 2 is 2.05 bits per heavy atom. The standard InChI is InChI=1S/C14H22N2O2S/c1-4-12-5-6-13(15)8-14(12)19(17,18)16-9-10(2)7-11(16)3/h5-6,8,10-11H,4,7,9,15H2,1-3H3. The van der Waals surface area contributed by atoms with Gasteiger partial charge >= 0.3 is 0 Å². The molecule has 1 heterocycles. The minimum atomic E-state index is -3.43. The maximum atomic E-state index is 12.8. The first-order valence-corrected chi connectivity index (χ1v) is 8.20. The summed E-state index contributed by atoms with van der Waals surface area (Å²) in [4.78, 5) is 0.371. The van der Waals surface area contributed by atoms with Crippen LogP contribution in [0.15, 0.2) is 23.1 Å². The molecular formula is C14H22N2O2S. The molecule has 0 amide bonds. The zero-order valence-electron chi connectivity index (χ0n) is 11.8. The third-order valence-corrected chi connectivity index (χ3v) is 5.85. The summed E-state index contributed by atoms with van der Waals surface area (Å²) in [6, 6.07) is 5.22. The molecule has 0 spiro atoms. The Morgan fingerprint density at radius 3 is 2.58 bits per heavy atom. The first-order valence-electron chi connectivity index (χ1n) is 6.76. The lowest BCUT2D eigenvalue weighted by atomic mass is 10.1. The van der Waals surface area contributed by atoms with Crippen LogP contribution in [-0.2, 0) is 16.4 Å². The monoisotopic (exact) mass is 282 g/mol. The number of anilines is 1. The molecule has 2 unspecified atom stereocenters. The molecule has 2 rings (SSSR count). The number of aryl methyl sites for hydroxylation is 1. The summed E-state index contributed by atoms with van der Waals surface area (Å²) in [7, 11) is -3.43. The Hall–Kier alpha value is -1.07. The fourth-order valence-electron chi connectivity index (χ4n) is 2.83.